The van der Waals surface area contributed by atoms with E-state index in [-0.39, 0.29) is 11.3 Å². The number of likely N-dealkylation sites (tertiary alicyclic amines) is 1. The smallest absolute Gasteiger partial charge is 0.227 e. The normalized spacial score (nSPS) is 17.9. The second-order valence-corrected chi connectivity index (χ2v) is 8.56. The number of amides is 1. The van der Waals surface area contributed by atoms with Crippen molar-refractivity contribution in [1.29, 1.82) is 0 Å². The summed E-state index contributed by atoms with van der Waals surface area (Å²) in [6.07, 6.45) is 9.41. The summed E-state index contributed by atoms with van der Waals surface area (Å²) in [5, 5.41) is 4.35. The largest absolute Gasteiger partial charge is 0.342 e. The van der Waals surface area contributed by atoms with Crippen molar-refractivity contribution in [3.8, 4) is 11.3 Å². The second-order valence-electron chi connectivity index (χ2n) is 8.56. The molecule has 2 aromatic heterocycles. The number of hydrogen-bond donors (Lipinski definition) is 0. The summed E-state index contributed by atoms with van der Waals surface area (Å²) >= 11 is 0. The fourth-order valence-corrected chi connectivity index (χ4v) is 3.32. The van der Waals surface area contributed by atoms with Gasteiger partial charge in [0.1, 0.15) is 0 Å². The van der Waals surface area contributed by atoms with E-state index in [2.05, 4.69) is 28.9 Å². The third-order valence-electron chi connectivity index (χ3n) is 4.84. The molecule has 1 saturated heterocycles. The Morgan fingerprint density at radius 1 is 1.23 bits per heavy atom. The molecule has 26 heavy (non-hydrogen) atoms. The summed E-state index contributed by atoms with van der Waals surface area (Å²) in [5.41, 5.74) is 2.51. The highest BCUT2D eigenvalue weighted by Crippen LogP contribution is 2.26. The number of nitrogens with zero attached hydrogens (tertiary/aromatic N) is 5. The van der Waals surface area contributed by atoms with Crippen LogP contribution in [-0.4, -0.2) is 43.6 Å². The van der Waals surface area contributed by atoms with Gasteiger partial charge in [-0.05, 0) is 32.6 Å². The van der Waals surface area contributed by atoms with Gasteiger partial charge in [0.2, 0.25) is 5.91 Å². The Kier molecular flexibility index (Phi) is 5.12. The molecule has 0 saturated carbocycles. The molecule has 2 aromatic rings. The van der Waals surface area contributed by atoms with Crippen LogP contribution in [0.2, 0.25) is 0 Å². The molecule has 0 spiro atoms. The van der Waals surface area contributed by atoms with E-state index in [0.717, 1.165) is 42.9 Å². The fraction of sp³-hybridized carbons (Fsp3) is 0.600. The quantitative estimate of drug-likeness (QED) is 0.843. The highest BCUT2D eigenvalue weighted by atomic mass is 16.2. The SMILES string of the molecule is CC(C)n1cc(-c2cnc(CC3CCN(C(=O)C(C)(C)C)C3)cn2)cn1. The summed E-state index contributed by atoms with van der Waals surface area (Å²) in [6.45, 7) is 11.8. The summed E-state index contributed by atoms with van der Waals surface area (Å²) in [4.78, 5) is 23.5. The maximum atomic E-state index is 12.4. The summed E-state index contributed by atoms with van der Waals surface area (Å²) in [7, 11) is 0. The van der Waals surface area contributed by atoms with Gasteiger partial charge in [0.15, 0.2) is 0 Å². The summed E-state index contributed by atoms with van der Waals surface area (Å²) in [5.74, 6) is 0.703. The summed E-state index contributed by atoms with van der Waals surface area (Å²) in [6, 6.07) is 0.331. The van der Waals surface area contributed by atoms with Crippen LogP contribution in [0.4, 0.5) is 0 Å². The van der Waals surface area contributed by atoms with E-state index in [1.165, 1.54) is 0 Å². The highest BCUT2D eigenvalue weighted by Gasteiger charge is 2.32. The van der Waals surface area contributed by atoms with E-state index >= 15 is 0 Å². The minimum Gasteiger partial charge on any atom is -0.342 e. The monoisotopic (exact) mass is 355 g/mol. The average Bonchev–Trinajstić information content (AvgIpc) is 3.23. The summed E-state index contributed by atoms with van der Waals surface area (Å²) < 4.78 is 1.92. The van der Waals surface area contributed by atoms with E-state index in [4.69, 9.17) is 0 Å². The molecule has 1 unspecified atom stereocenters. The van der Waals surface area contributed by atoms with E-state index < -0.39 is 0 Å². The lowest BCUT2D eigenvalue weighted by atomic mass is 9.95. The Bertz CT molecular complexity index is 757. The van der Waals surface area contributed by atoms with Crippen molar-refractivity contribution in [3.05, 3.63) is 30.5 Å². The van der Waals surface area contributed by atoms with Gasteiger partial charge in [-0.15, -0.1) is 0 Å². The van der Waals surface area contributed by atoms with Crippen LogP contribution in [-0.2, 0) is 11.2 Å². The molecule has 3 heterocycles. The topological polar surface area (TPSA) is 63.9 Å². The second kappa shape index (κ2) is 7.17. The van der Waals surface area contributed by atoms with Crippen LogP contribution in [0.5, 0.6) is 0 Å². The lowest BCUT2D eigenvalue weighted by molar-refractivity contribution is -0.138. The Morgan fingerprint density at radius 2 is 2.00 bits per heavy atom. The number of rotatable bonds is 4. The molecule has 0 bridgehead atoms. The molecule has 0 N–H and O–H groups in total. The van der Waals surface area contributed by atoms with E-state index in [0.29, 0.717) is 12.0 Å². The third kappa shape index (κ3) is 4.11. The van der Waals surface area contributed by atoms with Crippen LogP contribution in [0.1, 0.15) is 52.8 Å². The molecule has 3 rings (SSSR count). The molecule has 0 aromatic carbocycles. The molecule has 0 aliphatic carbocycles. The van der Waals surface area contributed by atoms with Crippen LogP contribution in [0.3, 0.4) is 0 Å². The Hall–Kier alpha value is -2.24. The molecule has 1 aliphatic heterocycles. The van der Waals surface area contributed by atoms with Gasteiger partial charge < -0.3 is 4.90 Å². The molecule has 1 aliphatic rings. The van der Waals surface area contributed by atoms with Crippen molar-refractivity contribution in [2.75, 3.05) is 13.1 Å². The first-order valence-corrected chi connectivity index (χ1v) is 9.39. The molecular formula is C20H29N5O. The van der Waals surface area contributed by atoms with Crippen molar-refractivity contribution < 1.29 is 4.79 Å². The van der Waals surface area contributed by atoms with Gasteiger partial charge in [0.05, 0.1) is 23.8 Å². The Balaban J connectivity index is 1.60. The van der Waals surface area contributed by atoms with Crippen LogP contribution in [0.15, 0.2) is 24.8 Å². The van der Waals surface area contributed by atoms with Crippen molar-refractivity contribution >= 4 is 5.91 Å². The highest BCUT2D eigenvalue weighted by molar-refractivity contribution is 5.81. The van der Waals surface area contributed by atoms with Crippen LogP contribution in [0, 0.1) is 11.3 Å². The zero-order valence-electron chi connectivity index (χ0n) is 16.4. The lowest BCUT2D eigenvalue weighted by Crippen LogP contribution is -2.38. The van der Waals surface area contributed by atoms with Crippen molar-refractivity contribution in [2.45, 2.75) is 53.5 Å². The lowest BCUT2D eigenvalue weighted by Gasteiger charge is -2.25. The van der Waals surface area contributed by atoms with Crippen molar-refractivity contribution in [1.82, 2.24) is 24.6 Å². The molecule has 1 amide bonds. The van der Waals surface area contributed by atoms with Gasteiger partial charge in [-0.2, -0.15) is 5.10 Å². The Labute approximate surface area is 155 Å². The van der Waals surface area contributed by atoms with Crippen LogP contribution < -0.4 is 0 Å². The fourth-order valence-electron chi connectivity index (χ4n) is 3.32. The van der Waals surface area contributed by atoms with E-state index in [1.807, 2.05) is 55.1 Å². The van der Waals surface area contributed by atoms with E-state index in [1.54, 1.807) is 0 Å². The van der Waals surface area contributed by atoms with E-state index in [9.17, 15) is 4.79 Å². The van der Waals surface area contributed by atoms with Gasteiger partial charge in [-0.1, -0.05) is 20.8 Å². The predicted octanol–water partition coefficient (Wildman–Crippen LogP) is 3.36. The predicted molar refractivity (Wildman–Crippen MR) is 101 cm³/mol. The Morgan fingerprint density at radius 3 is 2.58 bits per heavy atom. The molecule has 1 fully saturated rings. The molecule has 6 nitrogen and oxygen atoms in total. The van der Waals surface area contributed by atoms with Crippen LogP contribution >= 0.6 is 0 Å². The minimum absolute atomic E-state index is 0.239. The van der Waals surface area contributed by atoms with Crippen LogP contribution in [0.25, 0.3) is 11.3 Å². The number of hydrogen-bond acceptors (Lipinski definition) is 4. The zero-order valence-corrected chi connectivity index (χ0v) is 16.4. The van der Waals surface area contributed by atoms with Crippen molar-refractivity contribution in [3.63, 3.8) is 0 Å². The molecular weight excluding hydrogens is 326 g/mol. The van der Waals surface area contributed by atoms with Gasteiger partial charge in [0, 0.05) is 42.5 Å². The minimum atomic E-state index is -0.309. The van der Waals surface area contributed by atoms with Gasteiger partial charge >= 0.3 is 0 Å². The molecule has 0 radical (unpaired) electrons. The molecule has 140 valence electrons. The van der Waals surface area contributed by atoms with Gasteiger partial charge in [0.25, 0.3) is 0 Å². The van der Waals surface area contributed by atoms with Gasteiger partial charge in [-0.25, -0.2) is 0 Å². The van der Waals surface area contributed by atoms with Gasteiger partial charge in [-0.3, -0.25) is 19.4 Å². The van der Waals surface area contributed by atoms with Crippen molar-refractivity contribution in [2.24, 2.45) is 11.3 Å². The first-order valence-electron chi connectivity index (χ1n) is 9.39. The number of carbonyl (C=O) groups excluding carboxylic acids is 1. The maximum absolute atomic E-state index is 12.4. The standard InChI is InChI=1S/C20H29N5O/c1-14(2)25-13-16(9-23-25)18-11-21-17(10-22-18)8-15-6-7-24(12-15)19(26)20(3,4)5/h9-11,13-15H,6-8,12H2,1-5H3. The maximum Gasteiger partial charge on any atom is 0.227 e. The number of aromatic nitrogens is 4. The molecule has 1 atom stereocenters. The zero-order chi connectivity index (χ0) is 18.9. The first kappa shape index (κ1) is 18.5. The molecule has 6 heteroatoms. The third-order valence-corrected chi connectivity index (χ3v) is 4.84. The average molecular weight is 355 g/mol. The number of carbonyl (C=O) groups is 1. The first-order chi connectivity index (χ1) is 12.2.